The smallest absolute Gasteiger partial charge is 0.355 e. The average molecular weight is 268 g/mol. The summed E-state index contributed by atoms with van der Waals surface area (Å²) in [6.45, 7) is -0.714. The molecule has 0 saturated carbocycles. The van der Waals surface area contributed by atoms with Crippen LogP contribution >= 0.6 is 0 Å². The molecule has 2 rings (SSSR count). The maximum absolute atomic E-state index is 11.4. The molecule has 104 valence electrons. The summed E-state index contributed by atoms with van der Waals surface area (Å²) in [4.78, 5) is 11.4. The fourth-order valence-corrected chi connectivity index (χ4v) is 2.03. The van der Waals surface area contributed by atoms with E-state index < -0.39 is 36.5 Å². The van der Waals surface area contributed by atoms with E-state index in [4.69, 9.17) is 9.84 Å². The van der Waals surface area contributed by atoms with Crippen molar-refractivity contribution in [2.24, 2.45) is 0 Å². The lowest BCUT2D eigenvalue weighted by Crippen LogP contribution is -2.49. The van der Waals surface area contributed by atoms with Crippen molar-refractivity contribution in [1.29, 1.82) is 0 Å². The van der Waals surface area contributed by atoms with E-state index in [1.165, 1.54) is 0 Å². The largest absolute Gasteiger partial charge is 0.441 e. The zero-order valence-corrected chi connectivity index (χ0v) is 10.1. The summed E-state index contributed by atoms with van der Waals surface area (Å²) in [7, 11) is 0. The fraction of sp³-hybridized carbons (Fsp3) is 0.462. The van der Waals surface area contributed by atoms with E-state index in [9.17, 15) is 20.1 Å². The van der Waals surface area contributed by atoms with Crippen LogP contribution in [0.15, 0.2) is 30.3 Å². The Morgan fingerprint density at radius 3 is 2.21 bits per heavy atom. The Kier molecular flexibility index (Phi) is 3.86. The van der Waals surface area contributed by atoms with Gasteiger partial charge in [0.1, 0.15) is 18.3 Å². The molecule has 1 aliphatic heterocycles. The van der Waals surface area contributed by atoms with Crippen LogP contribution in [-0.4, -0.2) is 56.9 Å². The van der Waals surface area contributed by atoms with Gasteiger partial charge in [-0.2, -0.15) is 0 Å². The van der Waals surface area contributed by atoms with Crippen molar-refractivity contribution in [2.75, 3.05) is 6.61 Å². The molecule has 1 saturated heterocycles. The van der Waals surface area contributed by atoms with Gasteiger partial charge < -0.3 is 25.2 Å². The highest BCUT2D eigenvalue weighted by molar-refractivity contribution is 5.94. The number of aliphatic hydroxyl groups excluding tert-OH is 4. The van der Waals surface area contributed by atoms with Crippen LogP contribution in [0.1, 0.15) is 5.56 Å². The first kappa shape index (κ1) is 14.0. The highest BCUT2D eigenvalue weighted by Crippen LogP contribution is 2.38. The minimum atomic E-state index is -1.65. The molecule has 1 aromatic carbocycles. The number of aliphatic hydroxyl groups is 4. The number of hydrogen-bond donors (Lipinski definition) is 4. The molecule has 0 aliphatic carbocycles. The predicted octanol–water partition coefficient (Wildman–Crippen LogP) is -1.40. The minimum absolute atomic E-state index is 0.100. The third kappa shape index (κ3) is 2.62. The van der Waals surface area contributed by atoms with Crippen LogP contribution in [0.2, 0.25) is 0 Å². The Hall–Kier alpha value is -1.47. The first-order valence-corrected chi connectivity index (χ1v) is 5.93. The standard InChI is InChI=1S/C13H16O6/c14-7-9(15)10(16)11(17)13(12(18)19-13)6-8-4-2-1-3-5-8/h1-5,9-11,14-17H,6-7H2. The summed E-state index contributed by atoms with van der Waals surface area (Å²) in [6, 6.07) is 8.89. The number of cyclic esters (lactones) is 1. The average Bonchev–Trinajstić information content (AvgIpc) is 3.08. The quantitative estimate of drug-likeness (QED) is 0.472. The number of carbonyl (C=O) groups excluding carboxylic acids is 1. The summed E-state index contributed by atoms with van der Waals surface area (Å²) >= 11 is 0. The SMILES string of the molecule is O=C1OC1(Cc1ccccc1)C(O)C(O)C(O)CO. The highest BCUT2D eigenvalue weighted by Gasteiger charge is 2.65. The van der Waals surface area contributed by atoms with Gasteiger partial charge >= 0.3 is 5.97 Å². The van der Waals surface area contributed by atoms with Gasteiger partial charge in [0, 0.05) is 6.42 Å². The summed E-state index contributed by atoms with van der Waals surface area (Å²) in [5.41, 5.74) is -0.769. The molecule has 0 spiro atoms. The van der Waals surface area contributed by atoms with Crippen molar-refractivity contribution in [3.8, 4) is 0 Å². The molecule has 0 radical (unpaired) electrons. The van der Waals surface area contributed by atoms with Crippen molar-refractivity contribution >= 4 is 5.97 Å². The van der Waals surface area contributed by atoms with Gasteiger partial charge in [0.2, 0.25) is 5.60 Å². The molecular formula is C13H16O6. The van der Waals surface area contributed by atoms with E-state index >= 15 is 0 Å². The Morgan fingerprint density at radius 1 is 1.16 bits per heavy atom. The molecule has 0 amide bonds. The van der Waals surface area contributed by atoms with Gasteiger partial charge in [-0.3, -0.25) is 0 Å². The van der Waals surface area contributed by atoms with Crippen molar-refractivity contribution in [3.05, 3.63) is 35.9 Å². The van der Waals surface area contributed by atoms with E-state index in [0.717, 1.165) is 5.56 Å². The van der Waals surface area contributed by atoms with E-state index in [1.807, 2.05) is 6.07 Å². The van der Waals surface area contributed by atoms with Gasteiger partial charge in [-0.05, 0) is 5.56 Å². The van der Waals surface area contributed by atoms with Crippen LogP contribution in [0.4, 0.5) is 0 Å². The van der Waals surface area contributed by atoms with Crippen LogP contribution in [0.25, 0.3) is 0 Å². The van der Waals surface area contributed by atoms with Gasteiger partial charge in [0.15, 0.2) is 0 Å². The van der Waals surface area contributed by atoms with Crippen LogP contribution in [0, 0.1) is 0 Å². The second-order valence-electron chi connectivity index (χ2n) is 4.63. The number of epoxide rings is 1. The molecule has 4 atom stereocenters. The fourth-order valence-electron chi connectivity index (χ4n) is 2.03. The van der Waals surface area contributed by atoms with E-state index in [1.54, 1.807) is 24.3 Å². The molecule has 0 aromatic heterocycles. The normalized spacial score (nSPS) is 26.4. The second kappa shape index (κ2) is 5.26. The lowest BCUT2D eigenvalue weighted by molar-refractivity contribution is -0.119. The molecule has 1 aliphatic rings. The number of hydrogen-bond acceptors (Lipinski definition) is 6. The number of rotatable bonds is 6. The molecule has 4 unspecified atom stereocenters. The molecule has 1 heterocycles. The van der Waals surface area contributed by atoms with E-state index in [-0.39, 0.29) is 6.42 Å². The summed E-state index contributed by atoms with van der Waals surface area (Å²) < 4.78 is 4.84. The van der Waals surface area contributed by atoms with Crippen LogP contribution in [0.3, 0.4) is 0 Å². The number of carbonyl (C=O) groups is 1. The maximum Gasteiger partial charge on any atom is 0.355 e. The van der Waals surface area contributed by atoms with Gasteiger partial charge in [-0.25, -0.2) is 4.79 Å². The van der Waals surface area contributed by atoms with Crippen molar-refractivity contribution in [1.82, 2.24) is 0 Å². The molecule has 1 aromatic rings. The van der Waals surface area contributed by atoms with Crippen molar-refractivity contribution in [3.63, 3.8) is 0 Å². The van der Waals surface area contributed by atoms with E-state index in [2.05, 4.69) is 0 Å². The molecule has 6 nitrogen and oxygen atoms in total. The Bertz CT molecular complexity index is 448. The highest BCUT2D eigenvalue weighted by atomic mass is 16.7. The number of benzene rings is 1. The number of ether oxygens (including phenoxy) is 1. The molecule has 6 heteroatoms. The van der Waals surface area contributed by atoms with Crippen molar-refractivity contribution in [2.45, 2.75) is 30.3 Å². The summed E-state index contributed by atoms with van der Waals surface area (Å²) in [6.07, 6.45) is -4.68. The predicted molar refractivity (Wildman–Crippen MR) is 64.1 cm³/mol. The third-order valence-corrected chi connectivity index (χ3v) is 3.27. The van der Waals surface area contributed by atoms with Crippen LogP contribution in [0.5, 0.6) is 0 Å². The minimum Gasteiger partial charge on any atom is -0.441 e. The molecule has 4 N–H and O–H groups in total. The zero-order chi connectivity index (χ0) is 14.0. The topological polar surface area (TPSA) is 111 Å². The lowest BCUT2D eigenvalue weighted by Gasteiger charge is -2.24. The summed E-state index contributed by atoms with van der Waals surface area (Å²) in [5.74, 6) is -0.631. The maximum atomic E-state index is 11.4. The Labute approximate surface area is 109 Å². The van der Waals surface area contributed by atoms with Crippen molar-refractivity contribution < 1.29 is 30.0 Å². The monoisotopic (exact) mass is 268 g/mol. The zero-order valence-electron chi connectivity index (χ0n) is 10.1. The van der Waals surface area contributed by atoms with Gasteiger partial charge in [0.25, 0.3) is 0 Å². The van der Waals surface area contributed by atoms with Gasteiger partial charge in [-0.1, -0.05) is 30.3 Å². The molecule has 19 heavy (non-hydrogen) atoms. The summed E-state index contributed by atoms with van der Waals surface area (Å²) in [5, 5.41) is 37.7. The van der Waals surface area contributed by atoms with Crippen LogP contribution in [-0.2, 0) is 16.0 Å². The Morgan fingerprint density at radius 2 is 1.74 bits per heavy atom. The third-order valence-electron chi connectivity index (χ3n) is 3.27. The first-order valence-electron chi connectivity index (χ1n) is 5.93. The lowest BCUT2D eigenvalue weighted by atomic mass is 9.89. The van der Waals surface area contributed by atoms with Crippen LogP contribution < -0.4 is 0 Å². The molecular weight excluding hydrogens is 252 g/mol. The Balaban J connectivity index is 2.13. The first-order chi connectivity index (χ1) is 9.01. The van der Waals surface area contributed by atoms with Gasteiger partial charge in [0.05, 0.1) is 6.61 Å². The molecule has 0 bridgehead atoms. The second-order valence-corrected chi connectivity index (χ2v) is 4.63. The van der Waals surface area contributed by atoms with E-state index in [0.29, 0.717) is 0 Å². The molecule has 1 fully saturated rings. The van der Waals surface area contributed by atoms with Gasteiger partial charge in [-0.15, -0.1) is 0 Å².